The van der Waals surface area contributed by atoms with Gasteiger partial charge in [0.15, 0.2) is 0 Å². The third-order valence-electron chi connectivity index (χ3n) is 2.71. The molecule has 1 fully saturated rings. The Balaban J connectivity index is 1.96. The topological polar surface area (TPSA) is 12.0 Å². The largest absolute Gasteiger partial charge is 0.310 e. The Morgan fingerprint density at radius 3 is 2.80 bits per heavy atom. The predicted molar refractivity (Wildman–Crippen MR) is 67.4 cm³/mol. The minimum Gasteiger partial charge on any atom is -0.310 e. The summed E-state index contributed by atoms with van der Waals surface area (Å²) in [5.74, 6) is 1.15. The van der Waals surface area contributed by atoms with E-state index in [4.69, 9.17) is 0 Å². The highest BCUT2D eigenvalue weighted by molar-refractivity contribution is 7.99. The standard InChI is InChI=1S/C13H19NS/c1-3-15-13-7-4-11(8-10(13)2)9-14-12-5-6-12/h4,7-8,12,14H,3,5-6,9H2,1-2H3. The van der Waals surface area contributed by atoms with E-state index in [1.54, 1.807) is 0 Å². The Hall–Kier alpha value is -0.470. The molecular formula is C13H19NS. The van der Waals surface area contributed by atoms with E-state index in [1.807, 2.05) is 11.8 Å². The number of hydrogen-bond acceptors (Lipinski definition) is 2. The molecule has 1 aromatic rings. The van der Waals surface area contributed by atoms with Crippen LogP contribution in [0.1, 0.15) is 30.9 Å². The molecule has 1 aliphatic rings. The fraction of sp³-hybridized carbons (Fsp3) is 0.538. The van der Waals surface area contributed by atoms with Crippen molar-refractivity contribution < 1.29 is 0 Å². The first-order valence-corrected chi connectivity index (χ1v) is 6.74. The van der Waals surface area contributed by atoms with Crippen molar-refractivity contribution in [3.8, 4) is 0 Å². The van der Waals surface area contributed by atoms with Crippen LogP contribution in [0.4, 0.5) is 0 Å². The minimum atomic E-state index is 0.801. The van der Waals surface area contributed by atoms with Crippen molar-refractivity contribution in [3.05, 3.63) is 29.3 Å². The molecule has 0 amide bonds. The van der Waals surface area contributed by atoms with Crippen molar-refractivity contribution in [2.24, 2.45) is 0 Å². The lowest BCUT2D eigenvalue weighted by atomic mass is 10.1. The maximum Gasteiger partial charge on any atom is 0.0208 e. The number of hydrogen-bond donors (Lipinski definition) is 1. The molecule has 1 saturated carbocycles. The second-order valence-electron chi connectivity index (χ2n) is 4.19. The number of benzene rings is 1. The van der Waals surface area contributed by atoms with Crippen LogP contribution in [-0.2, 0) is 6.54 Å². The van der Waals surface area contributed by atoms with Gasteiger partial charge < -0.3 is 5.32 Å². The number of rotatable bonds is 5. The number of aryl methyl sites for hydroxylation is 1. The Labute approximate surface area is 96.7 Å². The van der Waals surface area contributed by atoms with E-state index in [9.17, 15) is 0 Å². The maximum absolute atomic E-state index is 3.54. The van der Waals surface area contributed by atoms with Gasteiger partial charge in [0.2, 0.25) is 0 Å². The highest BCUT2D eigenvalue weighted by Crippen LogP contribution is 2.24. The molecule has 0 saturated heterocycles. The molecule has 0 spiro atoms. The van der Waals surface area contributed by atoms with E-state index in [0.29, 0.717) is 0 Å². The van der Waals surface area contributed by atoms with Gasteiger partial charge >= 0.3 is 0 Å². The van der Waals surface area contributed by atoms with Crippen LogP contribution in [0, 0.1) is 6.92 Å². The summed E-state index contributed by atoms with van der Waals surface area (Å²) in [6.07, 6.45) is 2.73. The first-order chi connectivity index (χ1) is 7.29. The Kier molecular flexibility index (Phi) is 3.71. The van der Waals surface area contributed by atoms with E-state index in [1.165, 1.54) is 28.9 Å². The van der Waals surface area contributed by atoms with Gasteiger partial charge in [0.1, 0.15) is 0 Å². The van der Waals surface area contributed by atoms with Crippen molar-refractivity contribution in [1.29, 1.82) is 0 Å². The highest BCUT2D eigenvalue weighted by atomic mass is 32.2. The Morgan fingerprint density at radius 1 is 1.40 bits per heavy atom. The van der Waals surface area contributed by atoms with Crippen LogP contribution in [0.5, 0.6) is 0 Å². The second-order valence-corrected chi connectivity index (χ2v) is 5.49. The van der Waals surface area contributed by atoms with Crippen molar-refractivity contribution in [1.82, 2.24) is 5.32 Å². The molecule has 0 bridgehead atoms. The van der Waals surface area contributed by atoms with Gasteiger partial charge in [-0.15, -0.1) is 11.8 Å². The van der Waals surface area contributed by atoms with E-state index in [-0.39, 0.29) is 0 Å². The molecule has 0 aliphatic heterocycles. The first-order valence-electron chi connectivity index (χ1n) is 5.75. The molecule has 82 valence electrons. The van der Waals surface area contributed by atoms with Gasteiger partial charge in [-0.2, -0.15) is 0 Å². The lowest BCUT2D eigenvalue weighted by Gasteiger charge is -2.08. The van der Waals surface area contributed by atoms with Crippen LogP contribution >= 0.6 is 11.8 Å². The third kappa shape index (κ3) is 3.25. The molecule has 0 unspecified atom stereocenters. The molecular weight excluding hydrogens is 202 g/mol. The average Bonchev–Trinajstić information content (AvgIpc) is 3.03. The summed E-state index contributed by atoms with van der Waals surface area (Å²) in [5, 5.41) is 3.54. The van der Waals surface area contributed by atoms with Crippen LogP contribution in [0.3, 0.4) is 0 Å². The van der Waals surface area contributed by atoms with Gasteiger partial charge in [0.05, 0.1) is 0 Å². The molecule has 2 heteroatoms. The molecule has 0 aromatic heterocycles. The smallest absolute Gasteiger partial charge is 0.0208 e. The summed E-state index contributed by atoms with van der Waals surface area (Å²) in [7, 11) is 0. The summed E-state index contributed by atoms with van der Waals surface area (Å²) in [4.78, 5) is 1.42. The van der Waals surface area contributed by atoms with E-state index >= 15 is 0 Å². The van der Waals surface area contributed by atoms with Crippen molar-refractivity contribution >= 4 is 11.8 Å². The van der Waals surface area contributed by atoms with E-state index in [0.717, 1.165) is 18.3 Å². The molecule has 1 aliphatic carbocycles. The Bertz CT molecular complexity index is 331. The lowest BCUT2D eigenvalue weighted by molar-refractivity contribution is 0.687. The van der Waals surface area contributed by atoms with Crippen LogP contribution in [0.2, 0.25) is 0 Å². The van der Waals surface area contributed by atoms with Crippen LogP contribution in [0.25, 0.3) is 0 Å². The van der Waals surface area contributed by atoms with Gasteiger partial charge in [-0.1, -0.05) is 19.1 Å². The van der Waals surface area contributed by atoms with Crippen molar-refractivity contribution in [2.45, 2.75) is 44.2 Å². The quantitative estimate of drug-likeness (QED) is 0.765. The molecule has 1 aromatic carbocycles. The van der Waals surface area contributed by atoms with E-state index in [2.05, 4.69) is 37.4 Å². The molecule has 0 atom stereocenters. The van der Waals surface area contributed by atoms with Gasteiger partial charge in [-0.25, -0.2) is 0 Å². The second kappa shape index (κ2) is 5.04. The molecule has 1 nitrogen and oxygen atoms in total. The van der Waals surface area contributed by atoms with Crippen molar-refractivity contribution in [2.75, 3.05) is 5.75 Å². The summed E-state index contributed by atoms with van der Waals surface area (Å²) in [5.41, 5.74) is 2.83. The average molecular weight is 221 g/mol. The maximum atomic E-state index is 3.54. The lowest BCUT2D eigenvalue weighted by Crippen LogP contribution is -2.15. The van der Waals surface area contributed by atoms with Gasteiger partial charge in [-0.05, 0) is 42.7 Å². The number of nitrogens with one attached hydrogen (secondary N) is 1. The monoisotopic (exact) mass is 221 g/mol. The molecule has 1 N–H and O–H groups in total. The zero-order chi connectivity index (χ0) is 10.7. The highest BCUT2D eigenvalue weighted by Gasteiger charge is 2.19. The first kappa shape index (κ1) is 11.0. The SMILES string of the molecule is CCSc1ccc(CNC2CC2)cc1C. The summed E-state index contributed by atoms with van der Waals surface area (Å²) in [6.45, 7) is 5.44. The Morgan fingerprint density at radius 2 is 2.20 bits per heavy atom. The van der Waals surface area contributed by atoms with Gasteiger partial charge in [0.25, 0.3) is 0 Å². The minimum absolute atomic E-state index is 0.801. The zero-order valence-corrected chi connectivity index (χ0v) is 10.4. The fourth-order valence-electron chi connectivity index (χ4n) is 1.69. The van der Waals surface area contributed by atoms with E-state index < -0.39 is 0 Å². The van der Waals surface area contributed by atoms with Gasteiger partial charge in [0, 0.05) is 17.5 Å². The van der Waals surface area contributed by atoms with Crippen LogP contribution in [0.15, 0.2) is 23.1 Å². The van der Waals surface area contributed by atoms with Gasteiger partial charge in [-0.3, -0.25) is 0 Å². The third-order valence-corrected chi connectivity index (χ3v) is 3.77. The molecule has 0 heterocycles. The molecule has 2 rings (SSSR count). The van der Waals surface area contributed by atoms with Crippen LogP contribution in [-0.4, -0.2) is 11.8 Å². The normalized spacial score (nSPS) is 15.6. The summed E-state index contributed by atoms with van der Waals surface area (Å²) < 4.78 is 0. The molecule has 15 heavy (non-hydrogen) atoms. The summed E-state index contributed by atoms with van der Waals surface area (Å²) >= 11 is 1.93. The fourth-order valence-corrected chi connectivity index (χ4v) is 2.45. The zero-order valence-electron chi connectivity index (χ0n) is 9.55. The predicted octanol–water partition coefficient (Wildman–Crippen LogP) is 3.36. The summed E-state index contributed by atoms with van der Waals surface area (Å²) in [6, 6.07) is 7.62. The molecule has 0 radical (unpaired) electrons. The number of thioether (sulfide) groups is 1. The van der Waals surface area contributed by atoms with Crippen LogP contribution < -0.4 is 5.32 Å². The van der Waals surface area contributed by atoms with Crippen molar-refractivity contribution in [3.63, 3.8) is 0 Å².